The van der Waals surface area contributed by atoms with E-state index in [0.717, 1.165) is 19.3 Å². The van der Waals surface area contributed by atoms with Crippen molar-refractivity contribution in [1.29, 1.82) is 0 Å². The van der Waals surface area contributed by atoms with E-state index in [1.54, 1.807) is 0 Å². The summed E-state index contributed by atoms with van der Waals surface area (Å²) in [5, 5.41) is 33.0. The third-order valence-electron chi connectivity index (χ3n) is 11.0. The standard InChI is InChI=1S/C29H48O3/c1-7-20(18(2)3)9-8-19(4)23-10-11-24-22-16-26(31)29(32)17-21(30)12-15-28(29,6)25(22)13-14-27(23,24)5/h8-9,16,18-21,23-26,30-32H,7,10-15,17H2,1-6H3/b9-8+/t19-,20-,21+,23?,24?,25?,26-,27?,28?,29+/m1/s1. The maximum absolute atomic E-state index is 11.6. The summed E-state index contributed by atoms with van der Waals surface area (Å²) in [6.45, 7) is 14.1. The molecule has 10 atom stereocenters. The van der Waals surface area contributed by atoms with Crippen molar-refractivity contribution < 1.29 is 15.3 Å². The first-order chi connectivity index (χ1) is 15.0. The van der Waals surface area contributed by atoms with Gasteiger partial charge in [-0.15, -0.1) is 0 Å². The van der Waals surface area contributed by atoms with Crippen LogP contribution >= 0.6 is 0 Å². The predicted molar refractivity (Wildman–Crippen MR) is 131 cm³/mol. The van der Waals surface area contributed by atoms with Crippen LogP contribution in [0.25, 0.3) is 0 Å². The first-order valence-electron chi connectivity index (χ1n) is 13.5. The zero-order valence-electron chi connectivity index (χ0n) is 21.3. The van der Waals surface area contributed by atoms with Gasteiger partial charge in [0.15, 0.2) is 0 Å². The molecule has 4 aliphatic carbocycles. The molecule has 182 valence electrons. The summed E-state index contributed by atoms with van der Waals surface area (Å²) >= 11 is 0. The molecule has 0 aromatic heterocycles. The summed E-state index contributed by atoms with van der Waals surface area (Å²) in [7, 11) is 0. The van der Waals surface area contributed by atoms with E-state index < -0.39 is 17.8 Å². The maximum Gasteiger partial charge on any atom is 0.102 e. The molecule has 0 spiro atoms. The average Bonchev–Trinajstić information content (AvgIpc) is 3.08. The number of rotatable bonds is 5. The number of aliphatic hydroxyl groups is 3. The molecule has 4 rings (SSSR count). The van der Waals surface area contributed by atoms with Crippen LogP contribution in [-0.4, -0.2) is 33.1 Å². The molecule has 3 nitrogen and oxygen atoms in total. The molecule has 32 heavy (non-hydrogen) atoms. The van der Waals surface area contributed by atoms with E-state index in [9.17, 15) is 15.3 Å². The van der Waals surface area contributed by atoms with Crippen LogP contribution in [0.1, 0.15) is 92.9 Å². The largest absolute Gasteiger partial charge is 0.393 e. The zero-order chi connectivity index (χ0) is 23.5. The smallest absolute Gasteiger partial charge is 0.102 e. The second-order valence-corrected chi connectivity index (χ2v) is 12.7. The van der Waals surface area contributed by atoms with E-state index >= 15 is 0 Å². The van der Waals surface area contributed by atoms with Crippen molar-refractivity contribution in [2.75, 3.05) is 0 Å². The first-order valence-corrected chi connectivity index (χ1v) is 13.5. The maximum atomic E-state index is 11.6. The Morgan fingerprint density at radius 3 is 2.38 bits per heavy atom. The second kappa shape index (κ2) is 8.54. The number of allylic oxidation sites excluding steroid dienone is 3. The molecule has 0 aromatic carbocycles. The highest BCUT2D eigenvalue weighted by atomic mass is 16.3. The lowest BCUT2D eigenvalue weighted by Gasteiger charge is -2.62. The van der Waals surface area contributed by atoms with Crippen LogP contribution in [0.5, 0.6) is 0 Å². The molecule has 3 saturated carbocycles. The van der Waals surface area contributed by atoms with Crippen LogP contribution in [0, 0.1) is 46.3 Å². The van der Waals surface area contributed by atoms with Crippen molar-refractivity contribution in [3.05, 3.63) is 23.8 Å². The van der Waals surface area contributed by atoms with E-state index in [4.69, 9.17) is 0 Å². The van der Waals surface area contributed by atoms with Gasteiger partial charge in [0, 0.05) is 11.8 Å². The van der Waals surface area contributed by atoms with Gasteiger partial charge in [-0.25, -0.2) is 0 Å². The summed E-state index contributed by atoms with van der Waals surface area (Å²) in [6.07, 6.45) is 13.4. The Morgan fingerprint density at radius 2 is 1.72 bits per heavy atom. The minimum atomic E-state index is -1.20. The lowest BCUT2D eigenvalue weighted by Crippen LogP contribution is -2.65. The van der Waals surface area contributed by atoms with Gasteiger partial charge < -0.3 is 15.3 Å². The predicted octanol–water partition coefficient (Wildman–Crippen LogP) is 5.89. The van der Waals surface area contributed by atoms with Crippen LogP contribution in [0.3, 0.4) is 0 Å². The summed E-state index contributed by atoms with van der Waals surface area (Å²) in [5.41, 5.74) is 0.159. The summed E-state index contributed by atoms with van der Waals surface area (Å²) < 4.78 is 0. The van der Waals surface area contributed by atoms with Crippen LogP contribution < -0.4 is 0 Å². The van der Waals surface area contributed by atoms with Crippen molar-refractivity contribution >= 4 is 0 Å². The molecule has 3 fully saturated rings. The summed E-state index contributed by atoms with van der Waals surface area (Å²) in [4.78, 5) is 0. The van der Waals surface area contributed by atoms with Crippen molar-refractivity contribution in [1.82, 2.24) is 0 Å². The Hall–Kier alpha value is -0.640. The third-order valence-corrected chi connectivity index (χ3v) is 11.0. The van der Waals surface area contributed by atoms with Gasteiger partial charge in [0.1, 0.15) is 11.7 Å². The number of aliphatic hydroxyl groups excluding tert-OH is 2. The van der Waals surface area contributed by atoms with E-state index in [1.165, 1.54) is 31.3 Å². The molecule has 0 radical (unpaired) electrons. The molecular weight excluding hydrogens is 396 g/mol. The number of fused-ring (bicyclic) bond motifs is 5. The van der Waals surface area contributed by atoms with Gasteiger partial charge in [-0.2, -0.15) is 0 Å². The normalized spacial score (nSPS) is 48.2. The van der Waals surface area contributed by atoms with Crippen molar-refractivity contribution in [3.8, 4) is 0 Å². The average molecular weight is 445 g/mol. The van der Waals surface area contributed by atoms with Crippen molar-refractivity contribution in [2.24, 2.45) is 46.3 Å². The van der Waals surface area contributed by atoms with Gasteiger partial charge in [0.05, 0.1) is 6.10 Å². The highest BCUT2D eigenvalue weighted by molar-refractivity contribution is 5.33. The molecule has 3 N–H and O–H groups in total. The molecule has 0 amide bonds. The molecule has 3 heteroatoms. The second-order valence-electron chi connectivity index (χ2n) is 12.7. The molecule has 0 saturated heterocycles. The van der Waals surface area contributed by atoms with Gasteiger partial charge in [0.2, 0.25) is 0 Å². The topological polar surface area (TPSA) is 60.7 Å². The highest BCUT2D eigenvalue weighted by Crippen LogP contribution is 2.67. The van der Waals surface area contributed by atoms with Crippen LogP contribution in [0.4, 0.5) is 0 Å². The third kappa shape index (κ3) is 3.57. The Kier molecular flexibility index (Phi) is 6.53. The molecule has 0 aromatic rings. The van der Waals surface area contributed by atoms with Gasteiger partial charge in [0.25, 0.3) is 0 Å². The highest BCUT2D eigenvalue weighted by Gasteiger charge is 2.64. The molecular formula is C29H48O3. The van der Waals surface area contributed by atoms with Gasteiger partial charge in [-0.3, -0.25) is 0 Å². The lowest BCUT2D eigenvalue weighted by molar-refractivity contribution is -0.210. The van der Waals surface area contributed by atoms with Gasteiger partial charge >= 0.3 is 0 Å². The van der Waals surface area contributed by atoms with Crippen LogP contribution in [0.15, 0.2) is 23.8 Å². The van der Waals surface area contributed by atoms with E-state index in [1.807, 2.05) is 6.08 Å². The molecule has 0 bridgehead atoms. The molecule has 0 heterocycles. The molecule has 5 unspecified atom stereocenters. The Morgan fingerprint density at radius 1 is 1.00 bits per heavy atom. The molecule has 0 aliphatic heterocycles. The Balaban J connectivity index is 1.60. The van der Waals surface area contributed by atoms with Crippen LogP contribution in [0.2, 0.25) is 0 Å². The minimum Gasteiger partial charge on any atom is -0.393 e. The van der Waals surface area contributed by atoms with Gasteiger partial charge in [-0.1, -0.05) is 65.3 Å². The SMILES string of the molecule is CC[C@H](/C=C/[C@@H](C)C1CCC2C3=C[C@@H](O)[C@@]4(O)C[C@@H](O)CCC4(C)C3CCC21C)C(C)C. The van der Waals surface area contributed by atoms with E-state index in [-0.39, 0.29) is 10.8 Å². The summed E-state index contributed by atoms with van der Waals surface area (Å²) in [5.74, 6) is 3.44. The Bertz CT molecular complexity index is 756. The number of hydrogen-bond donors (Lipinski definition) is 3. The van der Waals surface area contributed by atoms with Gasteiger partial charge in [-0.05, 0) is 85.9 Å². The van der Waals surface area contributed by atoms with Crippen molar-refractivity contribution in [2.45, 2.75) is 111 Å². The fourth-order valence-corrected chi connectivity index (χ4v) is 8.73. The first kappa shape index (κ1) is 24.5. The Labute approximate surface area is 196 Å². The quantitative estimate of drug-likeness (QED) is 0.464. The fraction of sp³-hybridized carbons (Fsp3) is 0.862. The van der Waals surface area contributed by atoms with E-state index in [0.29, 0.717) is 41.9 Å². The lowest BCUT2D eigenvalue weighted by atomic mass is 9.45. The van der Waals surface area contributed by atoms with Crippen LogP contribution in [-0.2, 0) is 0 Å². The summed E-state index contributed by atoms with van der Waals surface area (Å²) in [6, 6.07) is 0. The fourth-order valence-electron chi connectivity index (χ4n) is 8.73. The zero-order valence-corrected chi connectivity index (χ0v) is 21.3. The van der Waals surface area contributed by atoms with Crippen molar-refractivity contribution in [3.63, 3.8) is 0 Å². The monoisotopic (exact) mass is 444 g/mol. The molecule has 4 aliphatic rings. The minimum absolute atomic E-state index is 0.269. The number of hydrogen-bond acceptors (Lipinski definition) is 3. The van der Waals surface area contributed by atoms with E-state index in [2.05, 4.69) is 53.7 Å².